The minimum Gasteiger partial charge on any atom is -0.459 e. The van der Waals surface area contributed by atoms with Crippen LogP contribution in [0.1, 0.15) is 38.6 Å². The number of carbonyl (C=O) groups is 1. The third kappa shape index (κ3) is 4.12. The first kappa shape index (κ1) is 18.1. The van der Waals surface area contributed by atoms with Crippen LogP contribution in [0.15, 0.2) is 21.9 Å². The van der Waals surface area contributed by atoms with Crippen molar-refractivity contribution < 1.29 is 14.3 Å². The van der Waals surface area contributed by atoms with Gasteiger partial charge in [-0.3, -0.25) is 4.79 Å². The van der Waals surface area contributed by atoms with Gasteiger partial charge in [-0.15, -0.1) is 11.3 Å². The Morgan fingerprint density at radius 1 is 1.44 bits per heavy atom. The van der Waals surface area contributed by atoms with Gasteiger partial charge in [0.15, 0.2) is 10.8 Å². The summed E-state index contributed by atoms with van der Waals surface area (Å²) < 4.78 is 5.58. The summed E-state index contributed by atoms with van der Waals surface area (Å²) >= 11 is 1.48. The highest BCUT2D eigenvalue weighted by atomic mass is 32.1. The topological polar surface area (TPSA) is 66.6 Å². The molecule has 0 aromatic carbocycles. The number of carbonyl (C=O) groups excluding carboxylic acids is 1. The number of furan rings is 1. The number of thiazole rings is 1. The van der Waals surface area contributed by atoms with E-state index in [0.717, 1.165) is 28.6 Å². The lowest BCUT2D eigenvalue weighted by molar-refractivity contribution is -0.136. The van der Waals surface area contributed by atoms with Gasteiger partial charge >= 0.3 is 0 Å². The number of hydrogen-bond acceptors (Lipinski definition) is 5. The van der Waals surface area contributed by atoms with Gasteiger partial charge in [0.2, 0.25) is 5.91 Å². The first-order valence-electron chi connectivity index (χ1n) is 8.71. The summed E-state index contributed by atoms with van der Waals surface area (Å²) in [7, 11) is 0. The van der Waals surface area contributed by atoms with E-state index >= 15 is 0 Å². The highest BCUT2D eigenvalue weighted by Crippen LogP contribution is 2.34. The van der Waals surface area contributed by atoms with E-state index in [1.165, 1.54) is 11.3 Å². The Hall–Kier alpha value is -1.66. The van der Waals surface area contributed by atoms with E-state index < -0.39 is 6.10 Å². The fraction of sp³-hybridized carbons (Fsp3) is 0.579. The predicted molar refractivity (Wildman–Crippen MR) is 98.4 cm³/mol. The van der Waals surface area contributed by atoms with E-state index in [1.54, 1.807) is 4.90 Å². The van der Waals surface area contributed by atoms with Gasteiger partial charge < -0.3 is 14.4 Å². The second-order valence-corrected chi connectivity index (χ2v) is 8.76. The van der Waals surface area contributed by atoms with Crippen LogP contribution >= 0.6 is 11.3 Å². The molecule has 1 amide bonds. The molecule has 2 atom stereocenters. The number of nitrogens with zero attached hydrogens (tertiary/aromatic N) is 2. The third-order valence-electron chi connectivity index (χ3n) is 4.88. The molecule has 2 aromatic heterocycles. The number of aliphatic hydroxyl groups is 1. The van der Waals surface area contributed by atoms with Crippen molar-refractivity contribution in [3.05, 3.63) is 29.0 Å². The first-order valence-corrected chi connectivity index (χ1v) is 9.59. The average Bonchev–Trinajstić information content (AvgIpc) is 3.14. The number of hydrogen-bond donors (Lipinski definition) is 1. The Labute approximate surface area is 152 Å². The highest BCUT2D eigenvalue weighted by Gasteiger charge is 2.37. The number of amides is 1. The SMILES string of the molecule is Cc1ccc(-c2nc(CC(=O)N3CC[C@H](C(C)(C)C)[C@@H](O)C3)cs2)o1. The van der Waals surface area contributed by atoms with Crippen molar-refractivity contribution in [2.75, 3.05) is 13.1 Å². The summed E-state index contributed by atoms with van der Waals surface area (Å²) in [5, 5.41) is 13.1. The van der Waals surface area contributed by atoms with Gasteiger partial charge in [0.25, 0.3) is 0 Å². The van der Waals surface area contributed by atoms with Crippen LogP contribution in [-0.2, 0) is 11.2 Å². The molecule has 1 N–H and O–H groups in total. The van der Waals surface area contributed by atoms with Gasteiger partial charge in [-0.1, -0.05) is 20.8 Å². The molecule has 3 rings (SSSR count). The Bertz CT molecular complexity index is 744. The van der Waals surface area contributed by atoms with Crippen molar-refractivity contribution in [2.45, 2.75) is 46.6 Å². The zero-order valence-corrected chi connectivity index (χ0v) is 16.1. The highest BCUT2D eigenvalue weighted by molar-refractivity contribution is 7.13. The Morgan fingerprint density at radius 2 is 2.20 bits per heavy atom. The van der Waals surface area contributed by atoms with Crippen molar-refractivity contribution >= 4 is 17.2 Å². The summed E-state index contributed by atoms with van der Waals surface area (Å²) in [6.07, 6.45) is 0.641. The molecule has 0 aliphatic carbocycles. The Kier molecular flexibility index (Phi) is 5.02. The van der Waals surface area contributed by atoms with Crippen molar-refractivity contribution in [1.29, 1.82) is 0 Å². The van der Waals surface area contributed by atoms with Crippen LogP contribution in [-0.4, -0.2) is 40.1 Å². The molecule has 0 radical (unpaired) electrons. The quantitative estimate of drug-likeness (QED) is 0.907. The lowest BCUT2D eigenvalue weighted by Crippen LogP contribution is -2.50. The Balaban J connectivity index is 1.61. The molecule has 6 heteroatoms. The molecule has 1 fully saturated rings. The largest absolute Gasteiger partial charge is 0.459 e. The van der Waals surface area contributed by atoms with Crippen LogP contribution < -0.4 is 0 Å². The molecular weight excluding hydrogens is 336 g/mol. The maximum atomic E-state index is 12.6. The molecule has 1 saturated heterocycles. The molecule has 5 nitrogen and oxygen atoms in total. The van der Waals surface area contributed by atoms with E-state index in [0.29, 0.717) is 13.1 Å². The smallest absolute Gasteiger partial charge is 0.228 e. The van der Waals surface area contributed by atoms with Crippen LogP contribution in [0, 0.1) is 18.3 Å². The fourth-order valence-corrected chi connectivity index (χ4v) is 4.27. The first-order chi connectivity index (χ1) is 11.7. The van der Waals surface area contributed by atoms with Crippen molar-refractivity contribution in [1.82, 2.24) is 9.88 Å². The maximum Gasteiger partial charge on any atom is 0.228 e. The molecule has 0 saturated carbocycles. The number of likely N-dealkylation sites (tertiary alicyclic amines) is 1. The molecule has 0 spiro atoms. The number of piperidine rings is 1. The van der Waals surface area contributed by atoms with Crippen LogP contribution in [0.25, 0.3) is 10.8 Å². The Morgan fingerprint density at radius 3 is 2.80 bits per heavy atom. The maximum absolute atomic E-state index is 12.6. The molecule has 1 aliphatic rings. The minimum absolute atomic E-state index is 0.0267. The fourth-order valence-electron chi connectivity index (χ4n) is 3.49. The summed E-state index contributed by atoms with van der Waals surface area (Å²) in [6, 6.07) is 3.80. The van der Waals surface area contributed by atoms with Crippen LogP contribution in [0.2, 0.25) is 0 Å². The zero-order valence-electron chi connectivity index (χ0n) is 15.3. The van der Waals surface area contributed by atoms with Gasteiger partial charge in [-0.25, -0.2) is 4.98 Å². The number of β-amino-alcohol motifs (C(OH)–C–C–N with tert-alkyl or cyclic N) is 1. The van der Waals surface area contributed by atoms with Gasteiger partial charge in [0.05, 0.1) is 18.2 Å². The van der Waals surface area contributed by atoms with E-state index in [9.17, 15) is 9.90 Å². The molecule has 3 heterocycles. The lowest BCUT2D eigenvalue weighted by atomic mass is 9.73. The standard InChI is InChI=1S/C19H26N2O3S/c1-12-5-6-16(24-12)18-20-13(11-25-18)9-17(23)21-8-7-14(15(22)10-21)19(2,3)4/h5-6,11,14-15,22H,7-10H2,1-4H3/t14-,15-/m0/s1. The van der Waals surface area contributed by atoms with Crippen LogP contribution in [0.3, 0.4) is 0 Å². The van der Waals surface area contributed by atoms with E-state index in [1.807, 2.05) is 24.4 Å². The predicted octanol–water partition coefficient (Wildman–Crippen LogP) is 3.51. The summed E-state index contributed by atoms with van der Waals surface area (Å²) in [6.45, 7) is 9.44. The minimum atomic E-state index is -0.463. The molecule has 0 unspecified atom stereocenters. The van der Waals surface area contributed by atoms with Crippen molar-refractivity contribution in [3.8, 4) is 10.8 Å². The third-order valence-corrected chi connectivity index (χ3v) is 5.79. The second kappa shape index (κ2) is 6.92. The molecule has 1 aliphatic heterocycles. The molecule has 25 heavy (non-hydrogen) atoms. The second-order valence-electron chi connectivity index (χ2n) is 7.90. The van der Waals surface area contributed by atoms with Gasteiger partial charge in [0, 0.05) is 18.5 Å². The number of rotatable bonds is 3. The summed E-state index contributed by atoms with van der Waals surface area (Å²) in [5.41, 5.74) is 0.811. The van der Waals surface area contributed by atoms with Gasteiger partial charge in [-0.05, 0) is 36.8 Å². The van der Waals surface area contributed by atoms with E-state index in [-0.39, 0.29) is 23.7 Å². The van der Waals surface area contributed by atoms with E-state index in [4.69, 9.17) is 4.42 Å². The van der Waals surface area contributed by atoms with Gasteiger partial charge in [0.1, 0.15) is 5.76 Å². The molecule has 2 aromatic rings. The normalized spacial score (nSPS) is 21.6. The van der Waals surface area contributed by atoms with Crippen LogP contribution in [0.4, 0.5) is 0 Å². The van der Waals surface area contributed by atoms with E-state index in [2.05, 4.69) is 25.8 Å². The number of aliphatic hydroxyl groups excluding tert-OH is 1. The number of aromatic nitrogens is 1. The summed E-state index contributed by atoms with van der Waals surface area (Å²) in [4.78, 5) is 18.9. The van der Waals surface area contributed by atoms with Crippen LogP contribution in [0.5, 0.6) is 0 Å². The number of aryl methyl sites for hydroxylation is 1. The summed E-state index contributed by atoms with van der Waals surface area (Å²) in [5.74, 6) is 1.84. The molecule has 136 valence electrons. The van der Waals surface area contributed by atoms with Gasteiger partial charge in [-0.2, -0.15) is 0 Å². The lowest BCUT2D eigenvalue weighted by Gasteiger charge is -2.42. The average molecular weight is 362 g/mol. The van der Waals surface area contributed by atoms with Crippen molar-refractivity contribution in [2.24, 2.45) is 11.3 Å². The molecule has 0 bridgehead atoms. The van der Waals surface area contributed by atoms with Crippen molar-refractivity contribution in [3.63, 3.8) is 0 Å². The monoisotopic (exact) mass is 362 g/mol. The molecular formula is C19H26N2O3S. The zero-order chi connectivity index (χ0) is 18.2.